The van der Waals surface area contributed by atoms with Crippen LogP contribution in [0.3, 0.4) is 0 Å². The number of aryl methyl sites for hydroxylation is 2. The zero-order chi connectivity index (χ0) is 22.5. The molecule has 0 unspecified atom stereocenters. The van der Waals surface area contributed by atoms with Crippen LogP contribution in [0.4, 0.5) is 0 Å². The highest BCUT2D eigenvalue weighted by molar-refractivity contribution is 6.89. The van der Waals surface area contributed by atoms with Crippen molar-refractivity contribution in [2.75, 3.05) is 0 Å². The Kier molecular flexibility index (Phi) is 3.87. The van der Waals surface area contributed by atoms with Crippen molar-refractivity contribution in [3.05, 3.63) is 59.9 Å². The van der Waals surface area contributed by atoms with Crippen molar-refractivity contribution in [3.63, 3.8) is 0 Å². The quantitative estimate of drug-likeness (QED) is 0.137. The molecule has 32 heavy (non-hydrogen) atoms. The van der Waals surface area contributed by atoms with E-state index in [1.807, 2.05) is 6.33 Å². The standard InChI is InChI=1S/C28H30N3Si/c1-16(2)19-9-8-10-20-21-12-11-17(3)24-27(21)31(26(19)20)23-14-18(32(5,6)7)13-22-25(23)28(24)30(4)15-29-22/h8-16H,1-7H3/q+1. The van der Waals surface area contributed by atoms with Gasteiger partial charge in [0.1, 0.15) is 5.52 Å². The van der Waals surface area contributed by atoms with Crippen LogP contribution >= 0.6 is 0 Å². The minimum absolute atomic E-state index is 0.450. The van der Waals surface area contributed by atoms with Crippen molar-refractivity contribution in [2.45, 2.75) is 46.3 Å². The summed E-state index contributed by atoms with van der Waals surface area (Å²) in [6.07, 6.45) is 1.99. The highest BCUT2D eigenvalue weighted by Crippen LogP contribution is 2.42. The lowest BCUT2D eigenvalue weighted by atomic mass is 9.99. The molecule has 3 nitrogen and oxygen atoms in total. The number of rotatable bonds is 2. The second kappa shape index (κ2) is 6.29. The van der Waals surface area contributed by atoms with Crippen LogP contribution in [0.15, 0.2) is 48.8 Å². The summed E-state index contributed by atoms with van der Waals surface area (Å²) in [4.78, 5) is 4.92. The molecule has 4 heteroatoms. The van der Waals surface area contributed by atoms with Gasteiger partial charge in [-0.05, 0) is 41.1 Å². The molecule has 0 atom stereocenters. The molecule has 0 aliphatic carbocycles. The van der Waals surface area contributed by atoms with Crippen LogP contribution in [0, 0.1) is 6.92 Å². The average molecular weight is 437 g/mol. The maximum atomic E-state index is 4.92. The van der Waals surface area contributed by atoms with Gasteiger partial charge >= 0.3 is 0 Å². The molecule has 0 bridgehead atoms. The minimum atomic E-state index is -1.53. The van der Waals surface area contributed by atoms with Gasteiger partial charge in [0.25, 0.3) is 6.33 Å². The molecule has 0 aliphatic heterocycles. The molecule has 6 aromatic rings. The number of fused-ring (bicyclic) bond motifs is 5. The van der Waals surface area contributed by atoms with Gasteiger partial charge in [-0.25, -0.2) is 4.57 Å². The Bertz CT molecular complexity index is 1700. The van der Waals surface area contributed by atoms with Gasteiger partial charge in [-0.15, -0.1) is 0 Å². The van der Waals surface area contributed by atoms with Crippen molar-refractivity contribution < 1.29 is 4.57 Å². The first-order valence-corrected chi connectivity index (χ1v) is 15.1. The first-order chi connectivity index (χ1) is 15.2. The Morgan fingerprint density at radius 1 is 0.938 bits per heavy atom. The maximum Gasteiger partial charge on any atom is 0.287 e. The van der Waals surface area contributed by atoms with E-state index in [9.17, 15) is 0 Å². The average Bonchev–Trinajstić information content (AvgIpc) is 3.08. The van der Waals surface area contributed by atoms with E-state index < -0.39 is 8.07 Å². The minimum Gasteiger partial charge on any atom is -0.307 e. The third-order valence-corrected chi connectivity index (χ3v) is 9.23. The third kappa shape index (κ3) is 2.42. The molecule has 0 saturated carbocycles. The van der Waals surface area contributed by atoms with E-state index in [1.54, 1.807) is 0 Å². The maximum absolute atomic E-state index is 4.92. The second-order valence-electron chi connectivity index (χ2n) is 10.7. The van der Waals surface area contributed by atoms with Crippen molar-refractivity contribution >= 4 is 62.4 Å². The summed E-state index contributed by atoms with van der Waals surface area (Å²) >= 11 is 0. The van der Waals surface area contributed by atoms with Crippen LogP contribution in [-0.2, 0) is 7.05 Å². The number of aromatic nitrogens is 3. The monoisotopic (exact) mass is 436 g/mol. The molecule has 0 saturated heterocycles. The number of benzene rings is 3. The number of hydrogen-bond donors (Lipinski definition) is 0. The first kappa shape index (κ1) is 19.7. The van der Waals surface area contributed by atoms with Crippen molar-refractivity contribution in [3.8, 4) is 0 Å². The molecule has 3 aromatic heterocycles. The molecule has 0 amide bonds. The molecule has 0 spiro atoms. The van der Waals surface area contributed by atoms with E-state index in [1.165, 1.54) is 59.9 Å². The SMILES string of the molecule is Cc1ccc2c3cccc(C(C)C)c3n3c4cc([Si](C)(C)C)cc5nc[n+](C)c(c1c23)c54. The van der Waals surface area contributed by atoms with Gasteiger partial charge in [-0.1, -0.05) is 69.0 Å². The summed E-state index contributed by atoms with van der Waals surface area (Å²) in [5, 5.41) is 6.77. The van der Waals surface area contributed by atoms with Crippen LogP contribution < -0.4 is 9.75 Å². The highest BCUT2D eigenvalue weighted by atomic mass is 28.3. The van der Waals surface area contributed by atoms with Gasteiger partial charge in [-0.2, -0.15) is 0 Å². The van der Waals surface area contributed by atoms with E-state index in [4.69, 9.17) is 4.98 Å². The summed E-state index contributed by atoms with van der Waals surface area (Å²) < 4.78 is 4.79. The number of para-hydroxylation sites is 1. The lowest BCUT2D eigenvalue weighted by molar-refractivity contribution is -0.646. The van der Waals surface area contributed by atoms with Crippen molar-refractivity contribution in [1.29, 1.82) is 0 Å². The van der Waals surface area contributed by atoms with Gasteiger partial charge in [-0.3, -0.25) is 0 Å². The molecule has 0 radical (unpaired) electrons. The van der Waals surface area contributed by atoms with Crippen LogP contribution in [0.5, 0.6) is 0 Å². The van der Waals surface area contributed by atoms with Gasteiger partial charge in [0.15, 0.2) is 5.52 Å². The highest BCUT2D eigenvalue weighted by Gasteiger charge is 2.27. The summed E-state index contributed by atoms with van der Waals surface area (Å²) in [6.45, 7) is 14.1. The Balaban J connectivity index is 2.07. The Morgan fingerprint density at radius 2 is 1.69 bits per heavy atom. The second-order valence-corrected chi connectivity index (χ2v) is 15.8. The molecular weight excluding hydrogens is 406 g/mol. The summed E-state index contributed by atoms with van der Waals surface area (Å²) in [7, 11) is 0.600. The van der Waals surface area contributed by atoms with Crippen LogP contribution in [0.2, 0.25) is 19.6 Å². The van der Waals surface area contributed by atoms with Gasteiger partial charge in [0.05, 0.1) is 37.1 Å². The molecule has 3 heterocycles. The lowest BCUT2D eigenvalue weighted by Gasteiger charge is -2.20. The predicted molar refractivity (Wildman–Crippen MR) is 139 cm³/mol. The molecular formula is C28H30N3Si+. The van der Waals surface area contributed by atoms with Crippen molar-refractivity contribution in [1.82, 2.24) is 9.38 Å². The van der Waals surface area contributed by atoms with Gasteiger partial charge in [0, 0.05) is 16.2 Å². The van der Waals surface area contributed by atoms with Crippen molar-refractivity contribution in [2.24, 2.45) is 7.05 Å². The lowest BCUT2D eigenvalue weighted by Crippen LogP contribution is -2.38. The fourth-order valence-corrected chi connectivity index (χ4v) is 6.68. The first-order valence-electron chi connectivity index (χ1n) is 11.6. The summed E-state index contributed by atoms with van der Waals surface area (Å²) in [6, 6.07) is 16.3. The fraction of sp³-hybridized carbons (Fsp3) is 0.286. The predicted octanol–water partition coefficient (Wildman–Crippen LogP) is 6.19. The largest absolute Gasteiger partial charge is 0.307 e. The molecule has 6 rings (SSSR count). The molecule has 0 aliphatic rings. The zero-order valence-electron chi connectivity index (χ0n) is 20.0. The van der Waals surface area contributed by atoms with E-state index in [0.29, 0.717) is 5.92 Å². The van der Waals surface area contributed by atoms with Crippen LogP contribution in [0.1, 0.15) is 30.9 Å². The van der Waals surface area contributed by atoms with E-state index in [-0.39, 0.29) is 0 Å². The smallest absolute Gasteiger partial charge is 0.287 e. The molecule has 0 N–H and O–H groups in total. The van der Waals surface area contributed by atoms with Gasteiger partial charge < -0.3 is 4.40 Å². The molecule has 3 aromatic carbocycles. The topological polar surface area (TPSA) is 21.2 Å². The van der Waals surface area contributed by atoms with E-state index in [0.717, 1.165) is 5.52 Å². The summed E-state index contributed by atoms with van der Waals surface area (Å²) in [5.41, 5.74) is 9.12. The van der Waals surface area contributed by atoms with Crippen LogP contribution in [-0.4, -0.2) is 17.5 Å². The number of hydrogen-bond acceptors (Lipinski definition) is 1. The zero-order valence-corrected chi connectivity index (χ0v) is 21.0. The molecule has 0 fully saturated rings. The number of pyridine rings is 1. The Labute approximate surface area is 189 Å². The molecule has 160 valence electrons. The van der Waals surface area contributed by atoms with E-state index >= 15 is 0 Å². The fourth-order valence-electron chi connectivity index (χ4n) is 5.54. The van der Waals surface area contributed by atoms with Crippen LogP contribution in [0.25, 0.3) is 49.1 Å². The normalized spacial score (nSPS) is 13.1. The Hall–Kier alpha value is -2.98. The Morgan fingerprint density at radius 3 is 2.41 bits per heavy atom. The van der Waals surface area contributed by atoms with E-state index in [2.05, 4.69) is 98.9 Å². The summed E-state index contributed by atoms with van der Waals surface area (Å²) in [5.74, 6) is 0.450. The number of nitrogens with zero attached hydrogens (tertiary/aromatic N) is 3. The van der Waals surface area contributed by atoms with Gasteiger partial charge in [0.2, 0.25) is 0 Å². The third-order valence-electron chi connectivity index (χ3n) is 7.21.